The summed E-state index contributed by atoms with van der Waals surface area (Å²) in [6, 6.07) is 13.1. The molecular weight excluding hydrogens is 262 g/mol. The van der Waals surface area contributed by atoms with E-state index in [1.165, 1.54) is 0 Å². The van der Waals surface area contributed by atoms with Crippen LogP contribution in [0.4, 0.5) is 0 Å². The van der Waals surface area contributed by atoms with Gasteiger partial charge >= 0.3 is 0 Å². The summed E-state index contributed by atoms with van der Waals surface area (Å²) in [5.74, 6) is -0.353. The van der Waals surface area contributed by atoms with E-state index in [9.17, 15) is 4.79 Å². The third-order valence-corrected chi connectivity index (χ3v) is 3.68. The molecule has 0 saturated carbocycles. The van der Waals surface area contributed by atoms with Crippen LogP contribution >= 0.6 is 0 Å². The van der Waals surface area contributed by atoms with Crippen molar-refractivity contribution >= 4 is 5.91 Å². The molecule has 1 heterocycles. The Labute approximate surface area is 125 Å². The summed E-state index contributed by atoms with van der Waals surface area (Å²) in [5, 5.41) is 2.99. The Hall–Kier alpha value is -2.20. The fraction of sp³-hybridized carbons (Fsp3) is 0.294. The summed E-state index contributed by atoms with van der Waals surface area (Å²) in [6.07, 6.45) is 3.47. The number of carbonyl (C=O) groups is 1. The average Bonchev–Trinajstić information content (AvgIpc) is 2.55. The quantitative estimate of drug-likeness (QED) is 0.886. The van der Waals surface area contributed by atoms with Crippen molar-refractivity contribution in [3.8, 4) is 0 Å². The Morgan fingerprint density at radius 1 is 1.10 bits per heavy atom. The zero-order chi connectivity index (χ0) is 15.2. The molecule has 1 aromatic heterocycles. The summed E-state index contributed by atoms with van der Waals surface area (Å²) in [7, 11) is 0. The summed E-state index contributed by atoms with van der Waals surface area (Å²) in [5.41, 5.74) is 8.13. The van der Waals surface area contributed by atoms with E-state index in [2.05, 4.69) is 10.3 Å². The topological polar surface area (TPSA) is 68.0 Å². The first-order valence-corrected chi connectivity index (χ1v) is 7.10. The molecule has 1 amide bonds. The summed E-state index contributed by atoms with van der Waals surface area (Å²) < 4.78 is 0. The van der Waals surface area contributed by atoms with Crippen molar-refractivity contribution in [2.45, 2.75) is 25.9 Å². The molecule has 2 aromatic rings. The minimum atomic E-state index is -0.313. The molecule has 0 aliphatic rings. The standard InChI is InChI=1S/C17H21N3O/c1-12(16(18)14-7-4-3-5-8-14)17(21)20-13(2)15-9-6-10-19-11-15/h3-13,16H,18H2,1-2H3,(H,20,21)/t12?,13-,16?/m0/s1. The van der Waals surface area contributed by atoms with Gasteiger partial charge in [0.15, 0.2) is 0 Å². The summed E-state index contributed by atoms with van der Waals surface area (Å²) in [6.45, 7) is 3.79. The third kappa shape index (κ3) is 3.89. The highest BCUT2D eigenvalue weighted by Gasteiger charge is 2.23. The molecule has 1 aromatic carbocycles. The van der Waals surface area contributed by atoms with E-state index in [1.807, 2.05) is 56.3 Å². The van der Waals surface area contributed by atoms with E-state index in [0.29, 0.717) is 0 Å². The number of hydrogen-bond donors (Lipinski definition) is 2. The predicted molar refractivity (Wildman–Crippen MR) is 83.3 cm³/mol. The summed E-state index contributed by atoms with van der Waals surface area (Å²) >= 11 is 0. The monoisotopic (exact) mass is 283 g/mol. The molecule has 2 rings (SSSR count). The Morgan fingerprint density at radius 3 is 2.38 bits per heavy atom. The highest BCUT2D eigenvalue weighted by Crippen LogP contribution is 2.20. The van der Waals surface area contributed by atoms with Crippen LogP contribution in [0.25, 0.3) is 0 Å². The van der Waals surface area contributed by atoms with Gasteiger partial charge in [-0.2, -0.15) is 0 Å². The van der Waals surface area contributed by atoms with Crippen molar-refractivity contribution in [2.24, 2.45) is 11.7 Å². The van der Waals surface area contributed by atoms with Crippen LogP contribution in [0, 0.1) is 5.92 Å². The second-order valence-electron chi connectivity index (χ2n) is 5.24. The Kier molecular flexibility index (Phi) is 5.06. The van der Waals surface area contributed by atoms with Crippen LogP contribution < -0.4 is 11.1 Å². The number of aromatic nitrogens is 1. The normalized spacial score (nSPS) is 15.0. The van der Waals surface area contributed by atoms with Gasteiger partial charge in [0.05, 0.1) is 12.0 Å². The van der Waals surface area contributed by atoms with Crippen molar-refractivity contribution in [3.05, 3.63) is 66.0 Å². The van der Waals surface area contributed by atoms with Crippen LogP contribution in [0.15, 0.2) is 54.9 Å². The highest BCUT2D eigenvalue weighted by atomic mass is 16.1. The van der Waals surface area contributed by atoms with Gasteiger partial charge in [-0.15, -0.1) is 0 Å². The lowest BCUT2D eigenvalue weighted by molar-refractivity contribution is -0.125. The van der Waals surface area contributed by atoms with Crippen LogP contribution in [-0.2, 0) is 4.79 Å². The predicted octanol–water partition coefficient (Wildman–Crippen LogP) is 2.59. The lowest BCUT2D eigenvalue weighted by Crippen LogP contribution is -2.36. The average molecular weight is 283 g/mol. The van der Waals surface area contributed by atoms with Gasteiger partial charge in [0.25, 0.3) is 0 Å². The lowest BCUT2D eigenvalue weighted by atomic mass is 9.94. The minimum absolute atomic E-state index is 0.0530. The van der Waals surface area contributed by atoms with Gasteiger partial charge in [-0.1, -0.05) is 43.3 Å². The van der Waals surface area contributed by atoms with Gasteiger partial charge in [-0.25, -0.2) is 0 Å². The molecule has 0 spiro atoms. The number of pyridine rings is 1. The zero-order valence-corrected chi connectivity index (χ0v) is 12.4. The van der Waals surface area contributed by atoms with Crippen LogP contribution in [0.2, 0.25) is 0 Å². The Morgan fingerprint density at radius 2 is 1.76 bits per heavy atom. The third-order valence-electron chi connectivity index (χ3n) is 3.68. The molecule has 0 bridgehead atoms. The van der Waals surface area contributed by atoms with E-state index in [1.54, 1.807) is 12.4 Å². The zero-order valence-electron chi connectivity index (χ0n) is 12.4. The maximum Gasteiger partial charge on any atom is 0.225 e. The number of nitrogens with one attached hydrogen (secondary N) is 1. The van der Waals surface area contributed by atoms with Gasteiger partial charge in [-0.3, -0.25) is 9.78 Å². The number of amides is 1. The Balaban J connectivity index is 2.00. The second-order valence-corrected chi connectivity index (χ2v) is 5.24. The molecule has 0 fully saturated rings. The smallest absolute Gasteiger partial charge is 0.225 e. The molecule has 4 heteroatoms. The molecule has 21 heavy (non-hydrogen) atoms. The van der Waals surface area contributed by atoms with E-state index in [4.69, 9.17) is 5.73 Å². The van der Waals surface area contributed by atoms with Crippen LogP contribution in [-0.4, -0.2) is 10.9 Å². The lowest BCUT2D eigenvalue weighted by Gasteiger charge is -2.22. The first-order valence-electron chi connectivity index (χ1n) is 7.10. The highest BCUT2D eigenvalue weighted by molar-refractivity contribution is 5.79. The van der Waals surface area contributed by atoms with Crippen LogP contribution in [0.1, 0.15) is 37.1 Å². The van der Waals surface area contributed by atoms with Crippen molar-refractivity contribution in [1.82, 2.24) is 10.3 Å². The van der Waals surface area contributed by atoms with Crippen molar-refractivity contribution in [2.75, 3.05) is 0 Å². The maximum absolute atomic E-state index is 12.3. The van der Waals surface area contributed by atoms with E-state index in [-0.39, 0.29) is 23.9 Å². The molecule has 2 unspecified atom stereocenters. The molecule has 110 valence electrons. The fourth-order valence-corrected chi connectivity index (χ4v) is 2.19. The molecular formula is C17H21N3O. The second kappa shape index (κ2) is 6.99. The van der Waals surface area contributed by atoms with Gasteiger partial charge in [0.2, 0.25) is 5.91 Å². The van der Waals surface area contributed by atoms with Crippen molar-refractivity contribution in [3.63, 3.8) is 0 Å². The van der Waals surface area contributed by atoms with E-state index >= 15 is 0 Å². The SMILES string of the molecule is CC(C(=O)N[C@@H](C)c1cccnc1)C(N)c1ccccc1. The number of rotatable bonds is 5. The molecule has 4 nitrogen and oxygen atoms in total. The number of benzene rings is 1. The minimum Gasteiger partial charge on any atom is -0.349 e. The first-order chi connectivity index (χ1) is 10.1. The summed E-state index contributed by atoms with van der Waals surface area (Å²) in [4.78, 5) is 16.4. The molecule has 0 aliphatic heterocycles. The van der Waals surface area contributed by atoms with Gasteiger partial charge < -0.3 is 11.1 Å². The van der Waals surface area contributed by atoms with E-state index in [0.717, 1.165) is 11.1 Å². The van der Waals surface area contributed by atoms with Gasteiger partial charge in [-0.05, 0) is 24.1 Å². The van der Waals surface area contributed by atoms with Gasteiger partial charge in [0, 0.05) is 18.4 Å². The van der Waals surface area contributed by atoms with Crippen LogP contribution in [0.3, 0.4) is 0 Å². The largest absolute Gasteiger partial charge is 0.349 e. The van der Waals surface area contributed by atoms with Crippen LogP contribution in [0.5, 0.6) is 0 Å². The Bertz CT molecular complexity index is 571. The van der Waals surface area contributed by atoms with E-state index < -0.39 is 0 Å². The van der Waals surface area contributed by atoms with Gasteiger partial charge in [0.1, 0.15) is 0 Å². The molecule has 0 saturated heterocycles. The van der Waals surface area contributed by atoms with Crippen molar-refractivity contribution in [1.29, 1.82) is 0 Å². The number of nitrogens with zero attached hydrogens (tertiary/aromatic N) is 1. The molecule has 0 radical (unpaired) electrons. The first kappa shape index (κ1) is 15.2. The molecule has 3 atom stereocenters. The number of carbonyl (C=O) groups excluding carboxylic acids is 1. The fourth-order valence-electron chi connectivity index (χ4n) is 2.19. The van der Waals surface area contributed by atoms with Crippen molar-refractivity contribution < 1.29 is 4.79 Å². The maximum atomic E-state index is 12.3. The number of nitrogens with two attached hydrogens (primary N) is 1. The molecule has 0 aliphatic carbocycles. The molecule has 3 N–H and O–H groups in total. The number of hydrogen-bond acceptors (Lipinski definition) is 3.